The quantitative estimate of drug-likeness (QED) is 0.715. The molecular formula is C12H18N2O3S. The number of amides is 1. The fourth-order valence-corrected chi connectivity index (χ4v) is 2.36. The summed E-state index contributed by atoms with van der Waals surface area (Å²) < 4.78 is 4.60. The minimum absolute atomic E-state index is 0.0103. The SMILES string of the molecule is CCNC(=O)CNCc1ccc(CC(=O)OC)s1. The summed E-state index contributed by atoms with van der Waals surface area (Å²) in [5.74, 6) is -0.248. The topological polar surface area (TPSA) is 67.4 Å². The van der Waals surface area contributed by atoms with Crippen LogP contribution in [-0.4, -0.2) is 32.1 Å². The third-order valence-electron chi connectivity index (χ3n) is 2.22. The van der Waals surface area contributed by atoms with Crippen molar-refractivity contribution in [3.05, 3.63) is 21.9 Å². The van der Waals surface area contributed by atoms with Gasteiger partial charge < -0.3 is 15.4 Å². The Balaban J connectivity index is 2.31. The van der Waals surface area contributed by atoms with Crippen molar-refractivity contribution < 1.29 is 14.3 Å². The van der Waals surface area contributed by atoms with Gasteiger partial charge in [0, 0.05) is 22.8 Å². The summed E-state index contributed by atoms with van der Waals surface area (Å²) in [6.07, 6.45) is 0.303. The number of hydrogen-bond acceptors (Lipinski definition) is 5. The first-order valence-corrected chi connectivity index (χ1v) is 6.59. The predicted octanol–water partition coefficient (Wildman–Crippen LogP) is 0.689. The van der Waals surface area contributed by atoms with Crippen molar-refractivity contribution in [3.8, 4) is 0 Å². The van der Waals surface area contributed by atoms with Crippen LogP contribution in [-0.2, 0) is 27.3 Å². The lowest BCUT2D eigenvalue weighted by molar-refractivity contribution is -0.139. The molecule has 5 nitrogen and oxygen atoms in total. The molecule has 0 saturated carbocycles. The summed E-state index contributed by atoms with van der Waals surface area (Å²) in [6.45, 7) is 3.46. The van der Waals surface area contributed by atoms with Gasteiger partial charge in [0.1, 0.15) is 0 Å². The van der Waals surface area contributed by atoms with E-state index in [0.29, 0.717) is 26.1 Å². The maximum Gasteiger partial charge on any atom is 0.310 e. The smallest absolute Gasteiger partial charge is 0.310 e. The van der Waals surface area contributed by atoms with E-state index in [4.69, 9.17) is 0 Å². The van der Waals surface area contributed by atoms with Gasteiger partial charge in [-0.3, -0.25) is 9.59 Å². The molecule has 1 amide bonds. The van der Waals surface area contributed by atoms with Crippen molar-refractivity contribution >= 4 is 23.2 Å². The lowest BCUT2D eigenvalue weighted by Crippen LogP contribution is -2.33. The maximum absolute atomic E-state index is 11.2. The fraction of sp³-hybridized carbons (Fsp3) is 0.500. The second kappa shape index (κ2) is 7.84. The van der Waals surface area contributed by atoms with Crippen molar-refractivity contribution in [2.75, 3.05) is 20.2 Å². The molecule has 1 aromatic heterocycles. The number of rotatable bonds is 7. The van der Waals surface area contributed by atoms with Crippen LogP contribution in [0.4, 0.5) is 0 Å². The highest BCUT2D eigenvalue weighted by Crippen LogP contribution is 2.17. The second-order valence-corrected chi connectivity index (χ2v) is 4.93. The molecule has 1 aromatic rings. The summed E-state index contributed by atoms with van der Waals surface area (Å²) in [4.78, 5) is 24.3. The average Bonchev–Trinajstić information content (AvgIpc) is 2.77. The van der Waals surface area contributed by atoms with E-state index in [2.05, 4.69) is 15.4 Å². The zero-order chi connectivity index (χ0) is 13.4. The van der Waals surface area contributed by atoms with E-state index in [1.807, 2.05) is 19.1 Å². The number of esters is 1. The number of ether oxygens (including phenoxy) is 1. The van der Waals surface area contributed by atoms with E-state index in [0.717, 1.165) is 9.75 Å². The molecule has 0 aliphatic carbocycles. The van der Waals surface area contributed by atoms with E-state index >= 15 is 0 Å². The third-order valence-corrected chi connectivity index (χ3v) is 3.31. The van der Waals surface area contributed by atoms with Crippen LogP contribution < -0.4 is 10.6 Å². The second-order valence-electron chi connectivity index (χ2n) is 3.68. The van der Waals surface area contributed by atoms with Gasteiger partial charge in [0.2, 0.25) is 5.91 Å². The average molecular weight is 270 g/mol. The summed E-state index contributed by atoms with van der Waals surface area (Å²) >= 11 is 1.55. The van der Waals surface area contributed by atoms with Gasteiger partial charge in [-0.2, -0.15) is 0 Å². The van der Waals surface area contributed by atoms with E-state index in [-0.39, 0.29) is 11.9 Å². The van der Waals surface area contributed by atoms with E-state index in [9.17, 15) is 9.59 Å². The van der Waals surface area contributed by atoms with Crippen LogP contribution in [0.5, 0.6) is 0 Å². The van der Waals surface area contributed by atoms with Gasteiger partial charge in [-0.15, -0.1) is 11.3 Å². The first-order chi connectivity index (χ1) is 8.65. The van der Waals surface area contributed by atoms with Gasteiger partial charge in [-0.25, -0.2) is 0 Å². The molecule has 6 heteroatoms. The highest BCUT2D eigenvalue weighted by molar-refractivity contribution is 7.12. The van der Waals surface area contributed by atoms with Gasteiger partial charge in [-0.1, -0.05) is 0 Å². The van der Waals surface area contributed by atoms with Crippen LogP contribution in [0.3, 0.4) is 0 Å². The Bertz CT molecular complexity index is 404. The first-order valence-electron chi connectivity index (χ1n) is 5.77. The summed E-state index contributed by atoms with van der Waals surface area (Å²) in [5, 5.41) is 5.76. The van der Waals surface area contributed by atoms with Crippen LogP contribution in [0.1, 0.15) is 16.7 Å². The molecule has 0 fully saturated rings. The molecule has 0 aliphatic rings. The molecule has 0 aliphatic heterocycles. The van der Waals surface area contributed by atoms with Crippen LogP contribution in [0.2, 0.25) is 0 Å². The van der Waals surface area contributed by atoms with Crippen LogP contribution in [0.15, 0.2) is 12.1 Å². The molecule has 1 rings (SSSR count). The molecule has 100 valence electrons. The van der Waals surface area contributed by atoms with Crippen molar-refractivity contribution in [2.45, 2.75) is 19.9 Å². The Morgan fingerprint density at radius 2 is 2.06 bits per heavy atom. The predicted molar refractivity (Wildman–Crippen MR) is 70.4 cm³/mol. The van der Waals surface area contributed by atoms with Crippen molar-refractivity contribution in [2.24, 2.45) is 0 Å². The summed E-state index contributed by atoms with van der Waals surface area (Å²) in [7, 11) is 1.38. The van der Waals surface area contributed by atoms with Gasteiger partial charge >= 0.3 is 5.97 Å². The van der Waals surface area contributed by atoms with E-state index in [1.54, 1.807) is 11.3 Å². The monoisotopic (exact) mass is 270 g/mol. The molecule has 2 N–H and O–H groups in total. The number of methoxy groups -OCH3 is 1. The minimum Gasteiger partial charge on any atom is -0.469 e. The maximum atomic E-state index is 11.2. The van der Waals surface area contributed by atoms with Crippen molar-refractivity contribution in [1.82, 2.24) is 10.6 Å². The third kappa shape index (κ3) is 5.29. The number of carbonyl (C=O) groups is 2. The van der Waals surface area contributed by atoms with Crippen LogP contribution >= 0.6 is 11.3 Å². The molecule has 1 heterocycles. The molecule has 0 aromatic carbocycles. The summed E-state index contributed by atoms with van der Waals surface area (Å²) in [5.41, 5.74) is 0. The van der Waals surface area contributed by atoms with E-state index in [1.165, 1.54) is 7.11 Å². The molecule has 0 radical (unpaired) electrons. The van der Waals surface area contributed by atoms with Crippen molar-refractivity contribution in [1.29, 1.82) is 0 Å². The van der Waals surface area contributed by atoms with Gasteiger partial charge in [0.05, 0.1) is 20.1 Å². The standard InChI is InChI=1S/C12H18N2O3S/c1-3-14-11(15)8-13-7-10-5-4-9(18-10)6-12(16)17-2/h4-5,13H,3,6-8H2,1-2H3,(H,14,15). The van der Waals surface area contributed by atoms with Gasteiger partial charge in [0.25, 0.3) is 0 Å². The van der Waals surface area contributed by atoms with Crippen molar-refractivity contribution in [3.63, 3.8) is 0 Å². The number of carbonyl (C=O) groups excluding carboxylic acids is 2. The number of hydrogen-bond donors (Lipinski definition) is 2. The zero-order valence-corrected chi connectivity index (χ0v) is 11.4. The number of thiophene rings is 1. The Morgan fingerprint density at radius 1 is 1.33 bits per heavy atom. The minimum atomic E-state index is -0.237. The normalized spacial score (nSPS) is 10.1. The Labute approximate surface area is 111 Å². The fourth-order valence-electron chi connectivity index (χ4n) is 1.39. The van der Waals surface area contributed by atoms with Gasteiger partial charge in [-0.05, 0) is 19.1 Å². The molecule has 0 saturated heterocycles. The van der Waals surface area contributed by atoms with Crippen LogP contribution in [0.25, 0.3) is 0 Å². The molecule has 0 bridgehead atoms. The lowest BCUT2D eigenvalue weighted by Gasteiger charge is -2.03. The number of likely N-dealkylation sites (N-methyl/N-ethyl adjacent to an activating group) is 1. The summed E-state index contributed by atoms with van der Waals surface area (Å²) in [6, 6.07) is 3.86. The Kier molecular flexibility index (Phi) is 6.38. The highest BCUT2D eigenvalue weighted by Gasteiger charge is 2.06. The zero-order valence-electron chi connectivity index (χ0n) is 10.6. The van der Waals surface area contributed by atoms with Crippen LogP contribution in [0, 0.1) is 0 Å². The molecule has 0 spiro atoms. The first kappa shape index (κ1) is 14.7. The Hall–Kier alpha value is -1.40. The highest BCUT2D eigenvalue weighted by atomic mass is 32.1. The number of nitrogens with one attached hydrogen (secondary N) is 2. The molecule has 18 heavy (non-hydrogen) atoms. The lowest BCUT2D eigenvalue weighted by atomic mass is 10.3. The molecular weight excluding hydrogens is 252 g/mol. The molecule has 0 atom stereocenters. The van der Waals surface area contributed by atoms with Gasteiger partial charge in [0.15, 0.2) is 0 Å². The Morgan fingerprint density at radius 3 is 2.72 bits per heavy atom. The van der Waals surface area contributed by atoms with E-state index < -0.39 is 0 Å². The largest absolute Gasteiger partial charge is 0.469 e. The molecule has 0 unspecified atom stereocenters.